The van der Waals surface area contributed by atoms with E-state index < -0.39 is 0 Å². The maximum absolute atomic E-state index is 5.58. The molecular formula is C14H29NO3. The van der Waals surface area contributed by atoms with Crippen molar-refractivity contribution < 1.29 is 14.2 Å². The highest BCUT2D eigenvalue weighted by Crippen LogP contribution is 2.20. The molecule has 18 heavy (non-hydrogen) atoms. The summed E-state index contributed by atoms with van der Waals surface area (Å²) >= 11 is 0. The Balaban J connectivity index is 2.21. The lowest BCUT2D eigenvalue weighted by Gasteiger charge is -2.31. The number of ether oxygens (including phenoxy) is 3. The Bertz CT molecular complexity index is 184. The predicted molar refractivity (Wildman–Crippen MR) is 72.9 cm³/mol. The molecular weight excluding hydrogens is 230 g/mol. The highest BCUT2D eigenvalue weighted by molar-refractivity contribution is 4.78. The lowest BCUT2D eigenvalue weighted by atomic mass is 9.90. The topological polar surface area (TPSA) is 39.7 Å². The van der Waals surface area contributed by atoms with Crippen molar-refractivity contribution in [2.75, 3.05) is 46.7 Å². The van der Waals surface area contributed by atoms with Crippen molar-refractivity contribution >= 4 is 0 Å². The second kappa shape index (κ2) is 10.7. The van der Waals surface area contributed by atoms with Gasteiger partial charge < -0.3 is 19.5 Å². The predicted octanol–water partition coefficient (Wildman–Crippen LogP) is 1.83. The zero-order chi connectivity index (χ0) is 13.1. The summed E-state index contributed by atoms with van der Waals surface area (Å²) < 4.78 is 16.0. The van der Waals surface area contributed by atoms with E-state index in [1.54, 1.807) is 7.11 Å². The van der Waals surface area contributed by atoms with Crippen molar-refractivity contribution in [1.82, 2.24) is 5.32 Å². The van der Waals surface area contributed by atoms with Crippen LogP contribution >= 0.6 is 0 Å². The van der Waals surface area contributed by atoms with Gasteiger partial charge in [0.15, 0.2) is 0 Å². The SMILES string of the molecule is CCCNC(CCOCCOC)C1CCOCC1. The molecule has 1 unspecified atom stereocenters. The maximum atomic E-state index is 5.58. The van der Waals surface area contributed by atoms with Crippen LogP contribution in [-0.2, 0) is 14.2 Å². The normalized spacial score (nSPS) is 19.0. The molecule has 0 aromatic carbocycles. The second-order valence-corrected chi connectivity index (χ2v) is 4.90. The van der Waals surface area contributed by atoms with Crippen LogP contribution in [0.5, 0.6) is 0 Å². The van der Waals surface area contributed by atoms with Crippen LogP contribution in [0.2, 0.25) is 0 Å². The molecule has 0 saturated carbocycles. The summed E-state index contributed by atoms with van der Waals surface area (Å²) in [5.74, 6) is 0.747. The van der Waals surface area contributed by atoms with Gasteiger partial charge in [-0.25, -0.2) is 0 Å². The highest BCUT2D eigenvalue weighted by Gasteiger charge is 2.23. The third-order valence-electron chi connectivity index (χ3n) is 3.50. The Labute approximate surface area is 111 Å². The van der Waals surface area contributed by atoms with E-state index in [2.05, 4.69) is 12.2 Å². The van der Waals surface area contributed by atoms with Crippen LogP contribution in [0.25, 0.3) is 0 Å². The Morgan fingerprint density at radius 2 is 2.00 bits per heavy atom. The Morgan fingerprint density at radius 3 is 2.67 bits per heavy atom. The van der Waals surface area contributed by atoms with Gasteiger partial charge in [-0.3, -0.25) is 0 Å². The molecule has 0 spiro atoms. The molecule has 0 aliphatic carbocycles. The fourth-order valence-corrected chi connectivity index (χ4v) is 2.41. The second-order valence-electron chi connectivity index (χ2n) is 4.90. The van der Waals surface area contributed by atoms with Crippen LogP contribution in [0.3, 0.4) is 0 Å². The zero-order valence-electron chi connectivity index (χ0n) is 12.0. The van der Waals surface area contributed by atoms with Gasteiger partial charge in [0, 0.05) is 33.0 Å². The molecule has 108 valence electrons. The molecule has 0 amide bonds. The minimum Gasteiger partial charge on any atom is -0.382 e. The smallest absolute Gasteiger partial charge is 0.0700 e. The average molecular weight is 259 g/mol. The Hall–Kier alpha value is -0.160. The molecule has 1 saturated heterocycles. The fraction of sp³-hybridized carbons (Fsp3) is 1.00. The van der Waals surface area contributed by atoms with E-state index in [0.29, 0.717) is 19.3 Å². The third kappa shape index (κ3) is 6.69. The summed E-state index contributed by atoms with van der Waals surface area (Å²) in [6.07, 6.45) is 4.64. The summed E-state index contributed by atoms with van der Waals surface area (Å²) in [4.78, 5) is 0. The monoisotopic (exact) mass is 259 g/mol. The number of nitrogens with one attached hydrogen (secondary N) is 1. The third-order valence-corrected chi connectivity index (χ3v) is 3.50. The van der Waals surface area contributed by atoms with Gasteiger partial charge in [0.2, 0.25) is 0 Å². The molecule has 4 nitrogen and oxygen atoms in total. The van der Waals surface area contributed by atoms with Crippen molar-refractivity contribution in [1.29, 1.82) is 0 Å². The molecule has 1 rings (SSSR count). The Kier molecular flexibility index (Phi) is 9.48. The van der Waals surface area contributed by atoms with Crippen molar-refractivity contribution in [2.24, 2.45) is 5.92 Å². The number of rotatable bonds is 10. The lowest BCUT2D eigenvalue weighted by Crippen LogP contribution is -2.40. The molecule has 1 atom stereocenters. The fourth-order valence-electron chi connectivity index (χ4n) is 2.41. The molecule has 1 heterocycles. The zero-order valence-corrected chi connectivity index (χ0v) is 12.0. The van der Waals surface area contributed by atoms with E-state index in [1.165, 1.54) is 19.3 Å². The quantitative estimate of drug-likeness (QED) is 0.608. The van der Waals surface area contributed by atoms with E-state index >= 15 is 0 Å². The molecule has 4 heteroatoms. The van der Waals surface area contributed by atoms with Gasteiger partial charge in [-0.1, -0.05) is 6.92 Å². The van der Waals surface area contributed by atoms with Crippen LogP contribution in [0, 0.1) is 5.92 Å². The highest BCUT2D eigenvalue weighted by atomic mass is 16.5. The van der Waals surface area contributed by atoms with Gasteiger partial charge in [-0.2, -0.15) is 0 Å². The minimum atomic E-state index is 0.580. The maximum Gasteiger partial charge on any atom is 0.0700 e. The van der Waals surface area contributed by atoms with Crippen LogP contribution in [-0.4, -0.2) is 52.7 Å². The first-order valence-electron chi connectivity index (χ1n) is 7.26. The van der Waals surface area contributed by atoms with E-state index in [9.17, 15) is 0 Å². The average Bonchev–Trinajstić information content (AvgIpc) is 2.43. The van der Waals surface area contributed by atoms with Gasteiger partial charge >= 0.3 is 0 Å². The molecule has 1 N–H and O–H groups in total. The van der Waals surface area contributed by atoms with Gasteiger partial charge in [-0.05, 0) is 38.1 Å². The molecule has 0 bridgehead atoms. The summed E-state index contributed by atoms with van der Waals surface area (Å²) in [5, 5.41) is 3.66. The van der Waals surface area contributed by atoms with Crippen molar-refractivity contribution in [2.45, 2.75) is 38.6 Å². The first-order chi connectivity index (χ1) is 8.88. The van der Waals surface area contributed by atoms with E-state index in [1.807, 2.05) is 0 Å². The van der Waals surface area contributed by atoms with Gasteiger partial charge in [0.05, 0.1) is 13.2 Å². The lowest BCUT2D eigenvalue weighted by molar-refractivity contribution is 0.0373. The van der Waals surface area contributed by atoms with Crippen LogP contribution < -0.4 is 5.32 Å². The molecule has 0 radical (unpaired) electrons. The van der Waals surface area contributed by atoms with Crippen molar-refractivity contribution in [3.63, 3.8) is 0 Å². The van der Waals surface area contributed by atoms with E-state index in [0.717, 1.165) is 38.7 Å². The summed E-state index contributed by atoms with van der Waals surface area (Å²) in [6, 6.07) is 0.580. The standard InChI is InChI=1S/C14H29NO3/c1-3-7-15-14(6-10-18-12-11-16-2)13-4-8-17-9-5-13/h13-15H,3-12H2,1-2H3. The first kappa shape index (κ1) is 15.9. The summed E-state index contributed by atoms with van der Waals surface area (Å²) in [5.41, 5.74) is 0. The van der Waals surface area contributed by atoms with Gasteiger partial charge in [0.25, 0.3) is 0 Å². The van der Waals surface area contributed by atoms with Crippen molar-refractivity contribution in [3.8, 4) is 0 Å². The number of hydrogen-bond donors (Lipinski definition) is 1. The van der Waals surface area contributed by atoms with Gasteiger partial charge in [0.1, 0.15) is 0 Å². The number of hydrogen-bond acceptors (Lipinski definition) is 4. The molecule has 0 aromatic heterocycles. The van der Waals surface area contributed by atoms with Crippen molar-refractivity contribution in [3.05, 3.63) is 0 Å². The van der Waals surface area contributed by atoms with Crippen LogP contribution in [0.4, 0.5) is 0 Å². The minimum absolute atomic E-state index is 0.580. The first-order valence-corrected chi connectivity index (χ1v) is 7.26. The van der Waals surface area contributed by atoms with E-state index in [4.69, 9.17) is 14.2 Å². The molecule has 1 aliphatic heterocycles. The summed E-state index contributed by atoms with van der Waals surface area (Å²) in [6.45, 7) is 7.35. The largest absolute Gasteiger partial charge is 0.382 e. The Morgan fingerprint density at radius 1 is 1.22 bits per heavy atom. The molecule has 0 aromatic rings. The van der Waals surface area contributed by atoms with Crippen LogP contribution in [0.15, 0.2) is 0 Å². The summed E-state index contributed by atoms with van der Waals surface area (Å²) in [7, 11) is 1.71. The number of methoxy groups -OCH3 is 1. The van der Waals surface area contributed by atoms with E-state index in [-0.39, 0.29) is 0 Å². The molecule has 1 fully saturated rings. The molecule has 1 aliphatic rings. The van der Waals surface area contributed by atoms with Crippen LogP contribution in [0.1, 0.15) is 32.6 Å². The van der Waals surface area contributed by atoms with Gasteiger partial charge in [-0.15, -0.1) is 0 Å².